The summed E-state index contributed by atoms with van der Waals surface area (Å²) in [4.78, 5) is 24.7. The van der Waals surface area contributed by atoms with Crippen molar-refractivity contribution in [2.45, 2.75) is 25.2 Å². The Morgan fingerprint density at radius 2 is 2.06 bits per heavy atom. The third-order valence-electron chi connectivity index (χ3n) is 4.33. The van der Waals surface area contributed by atoms with Gasteiger partial charge < -0.3 is 15.2 Å². The Morgan fingerprint density at radius 3 is 2.78 bits per heavy atom. The first-order valence-corrected chi connectivity index (χ1v) is 11.0. The van der Waals surface area contributed by atoms with Crippen molar-refractivity contribution in [3.63, 3.8) is 0 Å². The second-order valence-corrected chi connectivity index (χ2v) is 8.17. The molecule has 0 atom stereocenters. The van der Waals surface area contributed by atoms with Gasteiger partial charge in [-0.2, -0.15) is 0 Å². The molecule has 1 heterocycles. The fraction of sp³-hybridized carbons (Fsp3) is 0.182. The zero-order valence-corrected chi connectivity index (χ0v) is 18.8. The maximum atomic E-state index is 13.3. The number of rotatable bonds is 9. The molecule has 0 aliphatic rings. The number of aryl methyl sites for hydroxylation is 1. The average Bonchev–Trinajstić information content (AvgIpc) is 3.15. The van der Waals surface area contributed by atoms with Crippen LogP contribution in [0.4, 0.5) is 10.1 Å². The van der Waals surface area contributed by atoms with E-state index in [0.717, 1.165) is 5.56 Å². The fourth-order valence-electron chi connectivity index (χ4n) is 2.82. The van der Waals surface area contributed by atoms with E-state index in [1.165, 1.54) is 30.0 Å². The lowest BCUT2D eigenvalue weighted by Crippen LogP contribution is -2.25. The van der Waals surface area contributed by atoms with Gasteiger partial charge in [-0.15, -0.1) is 16.8 Å². The van der Waals surface area contributed by atoms with Crippen LogP contribution in [0.1, 0.15) is 21.7 Å². The highest BCUT2D eigenvalue weighted by atomic mass is 35.5. The molecule has 3 rings (SSSR count). The van der Waals surface area contributed by atoms with E-state index in [1.54, 1.807) is 22.8 Å². The first-order valence-electron chi connectivity index (χ1n) is 9.63. The summed E-state index contributed by atoms with van der Waals surface area (Å²) in [5, 5.41) is 14.2. The summed E-state index contributed by atoms with van der Waals surface area (Å²) in [5.41, 5.74) is 1.95. The van der Waals surface area contributed by atoms with Gasteiger partial charge in [0.2, 0.25) is 5.91 Å². The predicted octanol–water partition coefficient (Wildman–Crippen LogP) is 4.23. The van der Waals surface area contributed by atoms with E-state index >= 15 is 0 Å². The summed E-state index contributed by atoms with van der Waals surface area (Å²) in [6.07, 6.45) is 1.68. The quantitative estimate of drug-likeness (QED) is 0.358. The van der Waals surface area contributed by atoms with E-state index in [2.05, 4.69) is 27.4 Å². The molecule has 0 spiro atoms. The van der Waals surface area contributed by atoms with Crippen LogP contribution in [0, 0.1) is 12.7 Å². The molecular weight excluding hydrogens is 453 g/mol. The standard InChI is InChI=1S/C22H21ClFN5O2S/c1-3-9-29-19(12-25-21(31)15-6-4-5-14(2)10-15)27-28-22(29)32-13-20(30)26-16-7-8-18(24)17(23)11-16/h3-8,10-11H,1,9,12-13H2,2H3,(H,25,31)(H,26,30). The summed E-state index contributed by atoms with van der Waals surface area (Å²) in [6, 6.07) is 11.2. The maximum Gasteiger partial charge on any atom is 0.251 e. The molecule has 0 unspecified atom stereocenters. The van der Waals surface area contributed by atoms with Crippen LogP contribution in [-0.4, -0.2) is 32.3 Å². The minimum Gasteiger partial charge on any atom is -0.345 e. The van der Waals surface area contributed by atoms with Crippen LogP contribution in [0.15, 0.2) is 60.3 Å². The van der Waals surface area contributed by atoms with Crippen LogP contribution >= 0.6 is 23.4 Å². The largest absolute Gasteiger partial charge is 0.345 e. The van der Waals surface area contributed by atoms with Crippen molar-refractivity contribution in [3.05, 3.63) is 82.9 Å². The third kappa shape index (κ3) is 6.18. The smallest absolute Gasteiger partial charge is 0.251 e. The molecule has 3 aromatic rings. The Hall–Kier alpha value is -3.17. The zero-order valence-electron chi connectivity index (χ0n) is 17.3. The van der Waals surface area contributed by atoms with E-state index in [4.69, 9.17) is 11.6 Å². The number of halogens is 2. The van der Waals surface area contributed by atoms with Gasteiger partial charge in [0.05, 0.1) is 17.3 Å². The number of hydrogen-bond donors (Lipinski definition) is 2. The normalized spacial score (nSPS) is 10.6. The molecule has 2 aromatic carbocycles. The Labute approximate surface area is 194 Å². The second kappa shape index (κ2) is 10.9. The number of benzene rings is 2. The van der Waals surface area contributed by atoms with Gasteiger partial charge in [0.1, 0.15) is 5.82 Å². The Kier molecular flexibility index (Phi) is 8.02. The molecule has 2 N–H and O–H groups in total. The molecule has 32 heavy (non-hydrogen) atoms. The molecule has 2 amide bonds. The van der Waals surface area contributed by atoms with Gasteiger partial charge in [-0.1, -0.05) is 47.1 Å². The Balaban J connectivity index is 1.61. The molecule has 0 saturated heterocycles. The van der Waals surface area contributed by atoms with Gasteiger partial charge in [-0.05, 0) is 37.3 Å². The summed E-state index contributed by atoms with van der Waals surface area (Å²) >= 11 is 6.92. The minimum absolute atomic E-state index is 0.0555. The molecule has 10 heteroatoms. The molecule has 0 saturated carbocycles. The Morgan fingerprint density at radius 1 is 1.25 bits per heavy atom. The van der Waals surface area contributed by atoms with Crippen molar-refractivity contribution >= 4 is 40.9 Å². The lowest BCUT2D eigenvalue weighted by atomic mass is 10.1. The zero-order chi connectivity index (χ0) is 23.1. The maximum absolute atomic E-state index is 13.3. The van der Waals surface area contributed by atoms with Gasteiger partial charge in [0.25, 0.3) is 5.91 Å². The molecule has 0 bridgehead atoms. The number of hydrogen-bond acceptors (Lipinski definition) is 5. The summed E-state index contributed by atoms with van der Waals surface area (Å²) in [5.74, 6) is -0.480. The number of nitrogens with zero attached hydrogens (tertiary/aromatic N) is 3. The number of amides is 2. The lowest BCUT2D eigenvalue weighted by molar-refractivity contribution is -0.113. The molecule has 1 aromatic heterocycles. The molecule has 0 aliphatic heterocycles. The highest BCUT2D eigenvalue weighted by Crippen LogP contribution is 2.21. The third-order valence-corrected chi connectivity index (χ3v) is 5.58. The fourth-order valence-corrected chi connectivity index (χ4v) is 3.76. The van der Waals surface area contributed by atoms with Crippen LogP contribution < -0.4 is 10.6 Å². The van der Waals surface area contributed by atoms with E-state index in [9.17, 15) is 14.0 Å². The number of nitrogens with one attached hydrogen (secondary N) is 2. The van der Waals surface area contributed by atoms with Gasteiger partial charge in [0, 0.05) is 17.8 Å². The van der Waals surface area contributed by atoms with Crippen LogP contribution in [0.5, 0.6) is 0 Å². The summed E-state index contributed by atoms with van der Waals surface area (Å²) < 4.78 is 15.0. The number of carbonyl (C=O) groups is 2. The van der Waals surface area contributed by atoms with Crippen molar-refractivity contribution in [1.82, 2.24) is 20.1 Å². The van der Waals surface area contributed by atoms with E-state index in [-0.39, 0.29) is 29.1 Å². The molecular formula is C22H21ClFN5O2S. The number of anilines is 1. The van der Waals surface area contributed by atoms with Gasteiger partial charge >= 0.3 is 0 Å². The van der Waals surface area contributed by atoms with Crippen molar-refractivity contribution < 1.29 is 14.0 Å². The van der Waals surface area contributed by atoms with Crippen molar-refractivity contribution in [2.24, 2.45) is 0 Å². The lowest BCUT2D eigenvalue weighted by Gasteiger charge is -2.09. The monoisotopic (exact) mass is 473 g/mol. The Bertz CT molecular complexity index is 1150. The number of thioether (sulfide) groups is 1. The van der Waals surface area contributed by atoms with E-state index in [1.807, 2.05) is 19.1 Å². The van der Waals surface area contributed by atoms with Gasteiger partial charge in [-0.3, -0.25) is 9.59 Å². The van der Waals surface area contributed by atoms with Crippen LogP contribution in [0.3, 0.4) is 0 Å². The first-order chi connectivity index (χ1) is 15.4. The molecule has 166 valence electrons. The SMILES string of the molecule is C=CCn1c(CNC(=O)c2cccc(C)c2)nnc1SCC(=O)Nc1ccc(F)c(Cl)c1. The van der Waals surface area contributed by atoms with Crippen molar-refractivity contribution in [1.29, 1.82) is 0 Å². The van der Waals surface area contributed by atoms with Crippen LogP contribution in [-0.2, 0) is 17.9 Å². The number of aromatic nitrogens is 3. The van der Waals surface area contributed by atoms with Gasteiger partial charge in [-0.25, -0.2) is 4.39 Å². The van der Waals surface area contributed by atoms with Crippen LogP contribution in [0.2, 0.25) is 5.02 Å². The van der Waals surface area contributed by atoms with E-state index < -0.39 is 5.82 Å². The number of carbonyl (C=O) groups excluding carboxylic acids is 2. The highest BCUT2D eigenvalue weighted by Gasteiger charge is 2.15. The minimum atomic E-state index is -0.557. The highest BCUT2D eigenvalue weighted by molar-refractivity contribution is 7.99. The van der Waals surface area contributed by atoms with Crippen molar-refractivity contribution in [3.8, 4) is 0 Å². The second-order valence-electron chi connectivity index (χ2n) is 6.82. The topological polar surface area (TPSA) is 88.9 Å². The van der Waals surface area contributed by atoms with Crippen LogP contribution in [0.25, 0.3) is 0 Å². The molecule has 0 fully saturated rings. The van der Waals surface area contributed by atoms with Crippen molar-refractivity contribution in [2.75, 3.05) is 11.1 Å². The average molecular weight is 474 g/mol. The summed E-state index contributed by atoms with van der Waals surface area (Å²) in [7, 11) is 0. The summed E-state index contributed by atoms with van der Waals surface area (Å²) in [6.45, 7) is 6.25. The molecule has 7 nitrogen and oxygen atoms in total. The van der Waals surface area contributed by atoms with Gasteiger partial charge in [0.15, 0.2) is 11.0 Å². The predicted molar refractivity (Wildman–Crippen MR) is 123 cm³/mol. The molecule has 0 aliphatic carbocycles. The number of allylic oxidation sites excluding steroid dienone is 1. The molecule has 0 radical (unpaired) electrons. The van der Waals surface area contributed by atoms with E-state index in [0.29, 0.717) is 28.8 Å². The first kappa shape index (κ1) is 23.5.